The van der Waals surface area contributed by atoms with Crippen LogP contribution >= 0.6 is 23.5 Å². The van der Waals surface area contributed by atoms with Gasteiger partial charge in [-0.2, -0.15) is 23.3 Å². The van der Waals surface area contributed by atoms with Crippen LogP contribution in [0.4, 0.5) is 13.2 Å². The fourth-order valence-electron chi connectivity index (χ4n) is 3.40. The predicted molar refractivity (Wildman–Crippen MR) is 123 cm³/mol. The average Bonchev–Trinajstić information content (AvgIpc) is 3.37. The number of benzene rings is 2. The number of allylic oxidation sites excluding steroid dienone is 1. The number of rotatable bonds is 5. The Morgan fingerprint density at radius 2 is 2.03 bits per heavy atom. The molecule has 1 N–H and O–H groups in total. The third-order valence-corrected chi connectivity index (χ3v) is 7.02. The summed E-state index contributed by atoms with van der Waals surface area (Å²) in [5.41, 5.74) is 1.20. The molecule has 3 aromatic rings. The summed E-state index contributed by atoms with van der Waals surface area (Å²) in [6.07, 6.45) is -3.02. The number of thioether (sulfide) groups is 2. The van der Waals surface area contributed by atoms with E-state index < -0.39 is 17.6 Å². The molecule has 0 bridgehead atoms. The predicted octanol–water partition coefficient (Wildman–Crippen LogP) is 5.93. The SMILES string of the molecule is CCSC1=NC(=O)C(=C(Cc2ccc(OC)cc2C(F)(F)F)c2ccc3[nH]ncc3c2)S1. The number of nitrogens with one attached hydrogen (secondary N) is 1. The molecule has 10 heteroatoms. The van der Waals surface area contributed by atoms with Crippen molar-refractivity contribution in [2.45, 2.75) is 19.5 Å². The van der Waals surface area contributed by atoms with E-state index in [9.17, 15) is 18.0 Å². The summed E-state index contributed by atoms with van der Waals surface area (Å²) in [6.45, 7) is 1.95. The van der Waals surface area contributed by atoms with Gasteiger partial charge in [0.1, 0.15) is 10.1 Å². The normalized spacial score (nSPS) is 15.9. The molecule has 0 unspecified atom stereocenters. The zero-order valence-electron chi connectivity index (χ0n) is 17.1. The number of aromatic nitrogens is 2. The summed E-state index contributed by atoms with van der Waals surface area (Å²) in [5, 5.41) is 7.65. The maximum Gasteiger partial charge on any atom is 0.416 e. The standard InChI is InChI=1S/C22H18F3N3O2S2/c1-3-31-21-27-20(29)19(32-21)16(12-5-7-18-14(8-12)11-26-28-18)9-13-4-6-15(30-2)10-17(13)22(23,24)25/h4-8,10-11H,3,9H2,1-2H3,(H,26,28). The van der Waals surface area contributed by atoms with Crippen LogP contribution in [0.1, 0.15) is 23.6 Å². The minimum absolute atomic E-state index is 0.0538. The molecular weight excluding hydrogens is 459 g/mol. The van der Waals surface area contributed by atoms with E-state index >= 15 is 0 Å². The quantitative estimate of drug-likeness (QED) is 0.462. The molecule has 0 spiro atoms. The number of aliphatic imine (C=N–C) groups is 1. The van der Waals surface area contributed by atoms with Gasteiger partial charge in [-0.1, -0.05) is 42.6 Å². The highest BCUT2D eigenvalue weighted by atomic mass is 32.2. The molecule has 2 aromatic carbocycles. The van der Waals surface area contributed by atoms with Gasteiger partial charge in [0.2, 0.25) is 0 Å². The van der Waals surface area contributed by atoms with Crippen molar-refractivity contribution < 1.29 is 22.7 Å². The lowest BCUT2D eigenvalue weighted by Gasteiger charge is -2.17. The molecule has 2 heterocycles. The van der Waals surface area contributed by atoms with Gasteiger partial charge in [0, 0.05) is 5.39 Å². The second-order valence-electron chi connectivity index (χ2n) is 6.90. The highest BCUT2D eigenvalue weighted by Crippen LogP contribution is 2.41. The fraction of sp³-hybridized carbons (Fsp3) is 0.227. The molecule has 0 saturated heterocycles. The Labute approximate surface area is 190 Å². The molecule has 5 nitrogen and oxygen atoms in total. The Hall–Kier alpha value is -2.72. The van der Waals surface area contributed by atoms with Crippen LogP contribution in [0.5, 0.6) is 5.75 Å². The van der Waals surface area contributed by atoms with Gasteiger partial charge in [0.05, 0.1) is 29.3 Å². The van der Waals surface area contributed by atoms with E-state index in [1.807, 2.05) is 13.0 Å². The first kappa shape index (κ1) is 22.5. The van der Waals surface area contributed by atoms with Crippen molar-refractivity contribution >= 4 is 50.3 Å². The molecule has 32 heavy (non-hydrogen) atoms. The van der Waals surface area contributed by atoms with Gasteiger partial charge in [0.25, 0.3) is 5.91 Å². The molecule has 0 radical (unpaired) electrons. The third-order valence-electron chi connectivity index (χ3n) is 4.90. The number of carbonyl (C=O) groups is 1. The van der Waals surface area contributed by atoms with Gasteiger partial charge >= 0.3 is 6.18 Å². The van der Waals surface area contributed by atoms with E-state index in [-0.39, 0.29) is 17.7 Å². The highest BCUT2D eigenvalue weighted by molar-refractivity contribution is 8.41. The van der Waals surface area contributed by atoms with Crippen LogP contribution < -0.4 is 4.74 Å². The number of methoxy groups -OCH3 is 1. The van der Waals surface area contributed by atoms with Crippen LogP contribution in [-0.4, -0.2) is 33.3 Å². The Bertz CT molecular complexity index is 1250. The monoisotopic (exact) mass is 477 g/mol. The number of aromatic amines is 1. The van der Waals surface area contributed by atoms with Crippen molar-refractivity contribution in [1.29, 1.82) is 0 Å². The first-order chi connectivity index (χ1) is 15.3. The van der Waals surface area contributed by atoms with Gasteiger partial charge in [-0.05, 0) is 53.1 Å². The summed E-state index contributed by atoms with van der Waals surface area (Å²) < 4.78 is 47.0. The van der Waals surface area contributed by atoms with Gasteiger partial charge in [-0.25, -0.2) is 0 Å². The molecule has 1 amide bonds. The van der Waals surface area contributed by atoms with Crippen molar-refractivity contribution in [2.24, 2.45) is 4.99 Å². The van der Waals surface area contributed by atoms with E-state index in [4.69, 9.17) is 4.74 Å². The van der Waals surface area contributed by atoms with Crippen molar-refractivity contribution in [2.75, 3.05) is 12.9 Å². The number of hydrogen-bond acceptors (Lipinski definition) is 5. The van der Waals surface area contributed by atoms with Gasteiger partial charge < -0.3 is 4.74 Å². The maximum atomic E-state index is 13.8. The second-order valence-corrected chi connectivity index (χ2v) is 9.41. The van der Waals surface area contributed by atoms with Crippen LogP contribution in [0.2, 0.25) is 0 Å². The Balaban J connectivity index is 1.85. The van der Waals surface area contributed by atoms with Crippen molar-refractivity contribution in [1.82, 2.24) is 10.2 Å². The van der Waals surface area contributed by atoms with Crippen LogP contribution in [0.15, 0.2) is 52.5 Å². The van der Waals surface area contributed by atoms with Crippen LogP contribution in [0.25, 0.3) is 16.5 Å². The van der Waals surface area contributed by atoms with E-state index in [1.165, 1.54) is 42.8 Å². The topological polar surface area (TPSA) is 67.3 Å². The smallest absolute Gasteiger partial charge is 0.416 e. The number of alkyl halides is 3. The van der Waals surface area contributed by atoms with E-state index in [1.54, 1.807) is 18.3 Å². The molecule has 1 aliphatic heterocycles. The number of carbonyl (C=O) groups excluding carboxylic acids is 1. The summed E-state index contributed by atoms with van der Waals surface area (Å²) in [5.74, 6) is 0.418. The van der Waals surface area contributed by atoms with E-state index in [0.29, 0.717) is 20.4 Å². The zero-order valence-corrected chi connectivity index (χ0v) is 18.7. The number of fused-ring (bicyclic) bond motifs is 1. The van der Waals surface area contributed by atoms with Gasteiger partial charge in [-0.15, -0.1) is 0 Å². The van der Waals surface area contributed by atoms with Crippen molar-refractivity contribution in [3.05, 3.63) is 64.2 Å². The maximum absolute atomic E-state index is 13.8. The molecule has 1 aliphatic rings. The molecule has 0 atom stereocenters. The summed E-state index contributed by atoms with van der Waals surface area (Å²) in [6, 6.07) is 9.25. The second kappa shape index (κ2) is 9.03. The zero-order chi connectivity index (χ0) is 22.9. The molecule has 0 aliphatic carbocycles. The first-order valence-corrected chi connectivity index (χ1v) is 11.4. The molecule has 166 valence electrons. The molecule has 0 fully saturated rings. The fourth-order valence-corrected chi connectivity index (χ4v) is 5.38. The van der Waals surface area contributed by atoms with Gasteiger partial charge in [-0.3, -0.25) is 9.89 Å². The van der Waals surface area contributed by atoms with Crippen LogP contribution in [0.3, 0.4) is 0 Å². The lowest BCUT2D eigenvalue weighted by Crippen LogP contribution is -2.11. The highest BCUT2D eigenvalue weighted by Gasteiger charge is 2.35. The van der Waals surface area contributed by atoms with Crippen molar-refractivity contribution in [3.63, 3.8) is 0 Å². The number of nitrogens with zero attached hydrogens (tertiary/aromatic N) is 2. The number of amides is 1. The van der Waals surface area contributed by atoms with Crippen LogP contribution in [0, 0.1) is 0 Å². The van der Waals surface area contributed by atoms with Crippen LogP contribution in [-0.2, 0) is 17.4 Å². The Morgan fingerprint density at radius 3 is 2.75 bits per heavy atom. The largest absolute Gasteiger partial charge is 0.497 e. The minimum atomic E-state index is -4.57. The van der Waals surface area contributed by atoms with Gasteiger partial charge in [0.15, 0.2) is 0 Å². The first-order valence-electron chi connectivity index (χ1n) is 9.64. The molecule has 0 saturated carbocycles. The number of ether oxygens (including phenoxy) is 1. The molecule has 1 aromatic heterocycles. The third kappa shape index (κ3) is 4.56. The Morgan fingerprint density at radius 1 is 1.22 bits per heavy atom. The summed E-state index contributed by atoms with van der Waals surface area (Å²) >= 11 is 2.64. The number of H-pyrrole nitrogens is 1. The lowest BCUT2D eigenvalue weighted by atomic mass is 9.93. The molecular formula is C22H18F3N3O2S2. The summed E-state index contributed by atoms with van der Waals surface area (Å²) in [4.78, 5) is 17.1. The average molecular weight is 478 g/mol. The minimum Gasteiger partial charge on any atom is -0.497 e. The number of halogens is 3. The number of hydrogen-bond donors (Lipinski definition) is 1. The van der Waals surface area contributed by atoms with Crippen molar-refractivity contribution in [3.8, 4) is 5.75 Å². The Kier molecular flexibility index (Phi) is 6.34. The van der Waals surface area contributed by atoms with E-state index in [2.05, 4.69) is 15.2 Å². The van der Waals surface area contributed by atoms with E-state index in [0.717, 1.165) is 22.7 Å². The lowest BCUT2D eigenvalue weighted by molar-refractivity contribution is -0.138. The summed E-state index contributed by atoms with van der Waals surface area (Å²) in [7, 11) is 1.32. The molecule has 4 rings (SSSR count).